The number of aliphatic hydroxyl groups is 1. The summed E-state index contributed by atoms with van der Waals surface area (Å²) in [5.74, 6) is 0.356. The second-order valence-electron chi connectivity index (χ2n) is 5.05. The Labute approximate surface area is 116 Å². The van der Waals surface area contributed by atoms with Gasteiger partial charge in [0.05, 0.1) is 11.8 Å². The van der Waals surface area contributed by atoms with Gasteiger partial charge in [-0.2, -0.15) is 0 Å². The van der Waals surface area contributed by atoms with Crippen LogP contribution in [0.15, 0.2) is 22.7 Å². The standard InChI is InChI=1S/C14H19BrFNO/c15-11-5-6-14(13(16)8-11)17-9-12(18)7-10-3-1-2-4-10/h5-6,8,10,12,17-18H,1-4,7,9H2. The van der Waals surface area contributed by atoms with Gasteiger partial charge in [-0.1, -0.05) is 41.6 Å². The molecular formula is C14H19BrFNO. The Morgan fingerprint density at radius 2 is 2.11 bits per heavy atom. The molecule has 0 spiro atoms. The van der Waals surface area contributed by atoms with Crippen molar-refractivity contribution in [1.82, 2.24) is 0 Å². The zero-order chi connectivity index (χ0) is 13.0. The molecule has 1 aliphatic carbocycles. The van der Waals surface area contributed by atoms with Gasteiger partial charge in [0.15, 0.2) is 0 Å². The molecule has 0 amide bonds. The van der Waals surface area contributed by atoms with Crippen molar-refractivity contribution in [3.05, 3.63) is 28.5 Å². The third-order valence-corrected chi connectivity index (χ3v) is 4.03. The molecule has 2 nitrogen and oxygen atoms in total. The molecule has 0 saturated heterocycles. The fourth-order valence-electron chi connectivity index (χ4n) is 2.57. The zero-order valence-electron chi connectivity index (χ0n) is 10.3. The van der Waals surface area contributed by atoms with Crippen molar-refractivity contribution >= 4 is 21.6 Å². The summed E-state index contributed by atoms with van der Waals surface area (Å²) in [6.07, 6.45) is 5.45. The Morgan fingerprint density at radius 3 is 2.78 bits per heavy atom. The van der Waals surface area contributed by atoms with E-state index >= 15 is 0 Å². The lowest BCUT2D eigenvalue weighted by Crippen LogP contribution is -2.22. The monoisotopic (exact) mass is 315 g/mol. The first-order chi connectivity index (χ1) is 8.65. The van der Waals surface area contributed by atoms with E-state index in [0.717, 1.165) is 10.9 Å². The molecule has 1 unspecified atom stereocenters. The molecule has 1 aromatic rings. The van der Waals surface area contributed by atoms with Crippen molar-refractivity contribution in [2.75, 3.05) is 11.9 Å². The molecule has 0 radical (unpaired) electrons. The summed E-state index contributed by atoms with van der Waals surface area (Å²) in [5, 5.41) is 12.9. The van der Waals surface area contributed by atoms with E-state index in [2.05, 4.69) is 21.2 Å². The lowest BCUT2D eigenvalue weighted by molar-refractivity contribution is 0.155. The molecule has 1 aliphatic rings. The highest BCUT2D eigenvalue weighted by Gasteiger charge is 2.18. The maximum Gasteiger partial charge on any atom is 0.147 e. The SMILES string of the molecule is OC(CNc1ccc(Br)cc1F)CC1CCCC1. The first-order valence-electron chi connectivity index (χ1n) is 6.52. The fourth-order valence-corrected chi connectivity index (χ4v) is 2.91. The molecule has 0 aliphatic heterocycles. The Morgan fingerprint density at radius 1 is 1.39 bits per heavy atom. The average Bonchev–Trinajstić information content (AvgIpc) is 2.80. The zero-order valence-corrected chi connectivity index (χ0v) is 11.9. The lowest BCUT2D eigenvalue weighted by atomic mass is 10.00. The van der Waals surface area contributed by atoms with Gasteiger partial charge in [0.25, 0.3) is 0 Å². The molecule has 0 heterocycles. The van der Waals surface area contributed by atoms with Gasteiger partial charge in [0.1, 0.15) is 5.82 Å². The van der Waals surface area contributed by atoms with Gasteiger partial charge in [0.2, 0.25) is 0 Å². The highest BCUT2D eigenvalue weighted by Crippen LogP contribution is 2.28. The minimum absolute atomic E-state index is 0.294. The third-order valence-electron chi connectivity index (χ3n) is 3.54. The largest absolute Gasteiger partial charge is 0.391 e. The van der Waals surface area contributed by atoms with Gasteiger partial charge in [-0.25, -0.2) is 4.39 Å². The van der Waals surface area contributed by atoms with Crippen LogP contribution in [0, 0.1) is 11.7 Å². The number of halogens is 2. The topological polar surface area (TPSA) is 32.3 Å². The second-order valence-corrected chi connectivity index (χ2v) is 5.96. The number of anilines is 1. The minimum Gasteiger partial charge on any atom is -0.391 e. The van der Waals surface area contributed by atoms with Crippen LogP contribution in [0.25, 0.3) is 0 Å². The van der Waals surface area contributed by atoms with Crippen LogP contribution in [0.1, 0.15) is 32.1 Å². The summed E-state index contributed by atoms with van der Waals surface area (Å²) in [6, 6.07) is 4.89. The minimum atomic E-state index is -0.392. The van der Waals surface area contributed by atoms with Crippen molar-refractivity contribution in [1.29, 1.82) is 0 Å². The van der Waals surface area contributed by atoms with Gasteiger partial charge in [-0.15, -0.1) is 0 Å². The smallest absolute Gasteiger partial charge is 0.147 e. The van der Waals surface area contributed by atoms with E-state index in [9.17, 15) is 9.50 Å². The van der Waals surface area contributed by atoms with Crippen LogP contribution in [0.5, 0.6) is 0 Å². The molecule has 1 fully saturated rings. The fraction of sp³-hybridized carbons (Fsp3) is 0.571. The van der Waals surface area contributed by atoms with Crippen molar-refractivity contribution in [3.8, 4) is 0 Å². The molecule has 0 bridgehead atoms. The van der Waals surface area contributed by atoms with Crippen LogP contribution in [-0.4, -0.2) is 17.8 Å². The van der Waals surface area contributed by atoms with E-state index in [0.29, 0.717) is 18.2 Å². The predicted octanol–water partition coefficient (Wildman–Crippen LogP) is 3.94. The summed E-state index contributed by atoms with van der Waals surface area (Å²) < 4.78 is 14.3. The van der Waals surface area contributed by atoms with Crippen LogP contribution in [0.4, 0.5) is 10.1 Å². The molecular weight excluding hydrogens is 297 g/mol. The first kappa shape index (κ1) is 13.8. The van der Waals surface area contributed by atoms with Gasteiger partial charge in [-0.05, 0) is 30.5 Å². The van der Waals surface area contributed by atoms with Gasteiger partial charge >= 0.3 is 0 Å². The predicted molar refractivity (Wildman–Crippen MR) is 75.2 cm³/mol. The number of rotatable bonds is 5. The average molecular weight is 316 g/mol. The van der Waals surface area contributed by atoms with E-state index < -0.39 is 6.10 Å². The van der Waals surface area contributed by atoms with Crippen LogP contribution in [-0.2, 0) is 0 Å². The van der Waals surface area contributed by atoms with E-state index in [1.807, 2.05) is 0 Å². The van der Waals surface area contributed by atoms with Gasteiger partial charge < -0.3 is 10.4 Å². The number of aliphatic hydroxyl groups excluding tert-OH is 1. The molecule has 1 saturated carbocycles. The maximum absolute atomic E-state index is 13.5. The summed E-state index contributed by atoms with van der Waals surface area (Å²) >= 11 is 3.22. The molecule has 18 heavy (non-hydrogen) atoms. The van der Waals surface area contributed by atoms with E-state index in [-0.39, 0.29) is 5.82 Å². The van der Waals surface area contributed by atoms with Crippen molar-refractivity contribution in [2.45, 2.75) is 38.2 Å². The molecule has 0 aromatic heterocycles. The summed E-state index contributed by atoms with van der Waals surface area (Å²) in [7, 11) is 0. The Bertz CT molecular complexity index is 393. The number of nitrogens with one attached hydrogen (secondary N) is 1. The van der Waals surface area contributed by atoms with Crippen molar-refractivity contribution in [3.63, 3.8) is 0 Å². The van der Waals surface area contributed by atoms with E-state index in [4.69, 9.17) is 0 Å². The van der Waals surface area contributed by atoms with Crippen LogP contribution in [0.3, 0.4) is 0 Å². The van der Waals surface area contributed by atoms with Crippen LogP contribution >= 0.6 is 15.9 Å². The summed E-state index contributed by atoms with van der Waals surface area (Å²) in [5.41, 5.74) is 0.448. The highest BCUT2D eigenvalue weighted by atomic mass is 79.9. The Kier molecular flexibility index (Phi) is 5.01. The Balaban J connectivity index is 1.79. The maximum atomic E-state index is 13.5. The van der Waals surface area contributed by atoms with Crippen LogP contribution < -0.4 is 5.32 Å². The van der Waals surface area contributed by atoms with Gasteiger partial charge in [0, 0.05) is 11.0 Å². The number of hydrogen-bond donors (Lipinski definition) is 2. The molecule has 4 heteroatoms. The first-order valence-corrected chi connectivity index (χ1v) is 7.31. The van der Waals surface area contributed by atoms with E-state index in [1.165, 1.54) is 31.7 Å². The quantitative estimate of drug-likeness (QED) is 0.862. The third kappa shape index (κ3) is 3.95. The normalized spacial score (nSPS) is 17.9. The number of benzene rings is 1. The molecule has 1 aromatic carbocycles. The molecule has 100 valence electrons. The van der Waals surface area contributed by atoms with Crippen LogP contribution in [0.2, 0.25) is 0 Å². The van der Waals surface area contributed by atoms with Gasteiger partial charge in [-0.3, -0.25) is 0 Å². The molecule has 2 rings (SSSR count). The number of hydrogen-bond acceptors (Lipinski definition) is 2. The second kappa shape index (κ2) is 6.53. The Hall–Kier alpha value is -0.610. The lowest BCUT2D eigenvalue weighted by Gasteiger charge is -2.16. The summed E-state index contributed by atoms with van der Waals surface area (Å²) in [4.78, 5) is 0. The van der Waals surface area contributed by atoms with Crippen molar-refractivity contribution < 1.29 is 9.50 Å². The molecule has 1 atom stereocenters. The highest BCUT2D eigenvalue weighted by molar-refractivity contribution is 9.10. The summed E-state index contributed by atoms with van der Waals surface area (Å²) in [6.45, 7) is 0.412. The van der Waals surface area contributed by atoms with Crippen molar-refractivity contribution in [2.24, 2.45) is 5.92 Å². The van der Waals surface area contributed by atoms with E-state index in [1.54, 1.807) is 12.1 Å². The molecule has 2 N–H and O–H groups in total.